The second-order valence-corrected chi connectivity index (χ2v) is 5.28. The first-order valence-corrected chi connectivity index (χ1v) is 7.13. The first-order chi connectivity index (χ1) is 9.20. The summed E-state index contributed by atoms with van der Waals surface area (Å²) in [5.74, 6) is 0.345. The second-order valence-electron chi connectivity index (χ2n) is 5.28. The maximum atomic E-state index is 11.2. The van der Waals surface area contributed by atoms with Gasteiger partial charge in [0.1, 0.15) is 6.10 Å². The SMILES string of the molecule is C=CC(=O)OC(C)c1ccc(C2CCCCC2)cc1. The highest BCUT2D eigenvalue weighted by Gasteiger charge is 2.16. The molecule has 102 valence electrons. The highest BCUT2D eigenvalue weighted by molar-refractivity contribution is 5.81. The van der Waals surface area contributed by atoms with Crippen molar-refractivity contribution in [1.29, 1.82) is 0 Å². The van der Waals surface area contributed by atoms with Gasteiger partial charge in [-0.2, -0.15) is 0 Å². The quantitative estimate of drug-likeness (QED) is 0.586. The van der Waals surface area contributed by atoms with Crippen LogP contribution in [0.4, 0.5) is 0 Å². The van der Waals surface area contributed by atoms with Crippen molar-refractivity contribution in [1.82, 2.24) is 0 Å². The lowest BCUT2D eigenvalue weighted by atomic mass is 9.84. The maximum Gasteiger partial charge on any atom is 0.330 e. The highest BCUT2D eigenvalue weighted by atomic mass is 16.5. The number of benzene rings is 1. The van der Waals surface area contributed by atoms with E-state index in [-0.39, 0.29) is 12.1 Å². The van der Waals surface area contributed by atoms with Gasteiger partial charge in [-0.3, -0.25) is 0 Å². The molecule has 0 amide bonds. The Morgan fingerprint density at radius 3 is 2.47 bits per heavy atom. The summed E-state index contributed by atoms with van der Waals surface area (Å²) < 4.78 is 5.21. The lowest BCUT2D eigenvalue weighted by Crippen LogP contribution is -2.07. The van der Waals surface area contributed by atoms with Crippen molar-refractivity contribution in [3.8, 4) is 0 Å². The van der Waals surface area contributed by atoms with Crippen molar-refractivity contribution < 1.29 is 9.53 Å². The van der Waals surface area contributed by atoms with Crippen LogP contribution in [-0.2, 0) is 9.53 Å². The van der Waals surface area contributed by atoms with E-state index in [1.54, 1.807) is 0 Å². The molecule has 1 aromatic carbocycles. The van der Waals surface area contributed by atoms with Crippen molar-refractivity contribution in [2.45, 2.75) is 51.0 Å². The van der Waals surface area contributed by atoms with Crippen LogP contribution in [0.15, 0.2) is 36.9 Å². The van der Waals surface area contributed by atoms with Crippen LogP contribution in [0.25, 0.3) is 0 Å². The van der Waals surface area contributed by atoms with E-state index in [2.05, 4.69) is 30.8 Å². The van der Waals surface area contributed by atoms with Gasteiger partial charge in [0, 0.05) is 6.08 Å². The average Bonchev–Trinajstić information content (AvgIpc) is 2.48. The minimum absolute atomic E-state index is 0.217. The van der Waals surface area contributed by atoms with Crippen molar-refractivity contribution in [2.24, 2.45) is 0 Å². The largest absolute Gasteiger partial charge is 0.455 e. The highest BCUT2D eigenvalue weighted by Crippen LogP contribution is 2.33. The third-order valence-electron chi connectivity index (χ3n) is 3.94. The Bertz CT molecular complexity index is 427. The molecular weight excluding hydrogens is 236 g/mol. The van der Waals surface area contributed by atoms with Crippen LogP contribution < -0.4 is 0 Å². The summed E-state index contributed by atoms with van der Waals surface area (Å²) in [6.07, 6.45) is 7.67. The minimum atomic E-state index is -0.371. The zero-order valence-corrected chi connectivity index (χ0v) is 11.6. The number of hydrogen-bond acceptors (Lipinski definition) is 2. The van der Waals surface area contributed by atoms with Gasteiger partial charge in [-0.25, -0.2) is 4.79 Å². The normalized spacial score (nSPS) is 17.7. The first kappa shape index (κ1) is 13.9. The minimum Gasteiger partial charge on any atom is -0.455 e. The van der Waals surface area contributed by atoms with Gasteiger partial charge in [0.2, 0.25) is 0 Å². The smallest absolute Gasteiger partial charge is 0.330 e. The monoisotopic (exact) mass is 258 g/mol. The molecule has 0 radical (unpaired) electrons. The van der Waals surface area contributed by atoms with E-state index in [4.69, 9.17) is 4.74 Å². The molecule has 0 saturated heterocycles. The lowest BCUT2D eigenvalue weighted by molar-refractivity contribution is -0.142. The Hall–Kier alpha value is -1.57. The van der Waals surface area contributed by atoms with E-state index in [0.717, 1.165) is 5.56 Å². The van der Waals surface area contributed by atoms with Gasteiger partial charge >= 0.3 is 5.97 Å². The molecule has 1 saturated carbocycles. The maximum absolute atomic E-state index is 11.2. The van der Waals surface area contributed by atoms with Crippen molar-refractivity contribution in [3.05, 3.63) is 48.0 Å². The summed E-state index contributed by atoms with van der Waals surface area (Å²) in [6.45, 7) is 5.29. The fourth-order valence-electron chi connectivity index (χ4n) is 2.77. The third kappa shape index (κ3) is 3.69. The van der Waals surface area contributed by atoms with Crippen LogP contribution in [0.3, 0.4) is 0 Å². The van der Waals surface area contributed by atoms with Gasteiger partial charge in [-0.05, 0) is 36.8 Å². The van der Waals surface area contributed by atoms with Gasteiger partial charge < -0.3 is 4.74 Å². The van der Waals surface area contributed by atoms with Gasteiger partial charge in [0.05, 0.1) is 0 Å². The Balaban J connectivity index is 2.00. The third-order valence-corrected chi connectivity index (χ3v) is 3.94. The van der Waals surface area contributed by atoms with Gasteiger partial charge in [-0.1, -0.05) is 50.1 Å². The van der Waals surface area contributed by atoms with Crippen LogP contribution in [0.1, 0.15) is 62.2 Å². The van der Waals surface area contributed by atoms with Crippen LogP contribution in [0.2, 0.25) is 0 Å². The average molecular weight is 258 g/mol. The van der Waals surface area contributed by atoms with Crippen LogP contribution in [-0.4, -0.2) is 5.97 Å². The molecule has 1 unspecified atom stereocenters. The number of ether oxygens (including phenoxy) is 1. The number of esters is 1. The Morgan fingerprint density at radius 1 is 1.26 bits per heavy atom. The summed E-state index contributed by atoms with van der Waals surface area (Å²) in [4.78, 5) is 11.2. The fourth-order valence-corrected chi connectivity index (χ4v) is 2.77. The summed E-state index contributed by atoms with van der Waals surface area (Å²) in [5, 5.41) is 0. The molecule has 0 heterocycles. The van der Waals surface area contributed by atoms with Gasteiger partial charge in [0.25, 0.3) is 0 Å². The first-order valence-electron chi connectivity index (χ1n) is 7.13. The fraction of sp³-hybridized carbons (Fsp3) is 0.471. The molecule has 0 aromatic heterocycles. The molecule has 2 rings (SSSR count). The predicted octanol–water partition coefficient (Wildman–Crippen LogP) is 4.52. The van der Waals surface area contributed by atoms with Crippen LogP contribution in [0.5, 0.6) is 0 Å². The number of carbonyl (C=O) groups is 1. The molecule has 1 aromatic rings. The number of hydrogen-bond donors (Lipinski definition) is 0. The van der Waals surface area contributed by atoms with E-state index in [9.17, 15) is 4.79 Å². The molecule has 2 heteroatoms. The van der Waals surface area contributed by atoms with Gasteiger partial charge in [0.15, 0.2) is 0 Å². The Kier molecular flexibility index (Phi) is 4.78. The molecule has 1 aliphatic carbocycles. The zero-order chi connectivity index (χ0) is 13.7. The lowest BCUT2D eigenvalue weighted by Gasteiger charge is -2.22. The van der Waals surface area contributed by atoms with E-state index < -0.39 is 0 Å². The number of rotatable bonds is 4. The second kappa shape index (κ2) is 6.55. The molecule has 1 aliphatic rings. The van der Waals surface area contributed by atoms with Crippen LogP contribution in [0, 0.1) is 0 Å². The molecule has 1 fully saturated rings. The standard InChI is InChI=1S/C17H22O2/c1-3-17(18)19-13(2)14-9-11-16(12-10-14)15-7-5-4-6-8-15/h3,9-13,15H,1,4-8H2,2H3. The van der Waals surface area contributed by atoms with Gasteiger partial charge in [-0.15, -0.1) is 0 Å². The molecule has 1 atom stereocenters. The van der Waals surface area contributed by atoms with Crippen molar-refractivity contribution in [2.75, 3.05) is 0 Å². The zero-order valence-electron chi connectivity index (χ0n) is 11.6. The molecular formula is C17H22O2. The predicted molar refractivity (Wildman–Crippen MR) is 77.0 cm³/mol. The van der Waals surface area contributed by atoms with Crippen molar-refractivity contribution in [3.63, 3.8) is 0 Å². The Labute approximate surface area is 115 Å². The topological polar surface area (TPSA) is 26.3 Å². The molecule has 0 spiro atoms. The van der Waals surface area contributed by atoms with E-state index in [1.165, 1.54) is 43.7 Å². The van der Waals surface area contributed by atoms with E-state index in [0.29, 0.717) is 5.92 Å². The van der Waals surface area contributed by atoms with Crippen molar-refractivity contribution >= 4 is 5.97 Å². The molecule has 0 aliphatic heterocycles. The molecule has 0 N–H and O–H groups in total. The summed E-state index contributed by atoms with van der Waals surface area (Å²) >= 11 is 0. The molecule has 19 heavy (non-hydrogen) atoms. The molecule has 2 nitrogen and oxygen atoms in total. The molecule has 0 bridgehead atoms. The summed E-state index contributed by atoms with van der Waals surface area (Å²) in [5.41, 5.74) is 2.46. The van der Waals surface area contributed by atoms with E-state index in [1.807, 2.05) is 6.92 Å². The Morgan fingerprint density at radius 2 is 1.89 bits per heavy atom. The summed E-state index contributed by atoms with van der Waals surface area (Å²) in [6, 6.07) is 8.52. The van der Waals surface area contributed by atoms with E-state index >= 15 is 0 Å². The summed E-state index contributed by atoms with van der Waals surface area (Å²) in [7, 11) is 0. The number of carbonyl (C=O) groups excluding carboxylic acids is 1. The van der Waals surface area contributed by atoms with Crippen LogP contribution >= 0.6 is 0 Å².